The smallest absolute Gasteiger partial charge is 0.231 e. The van der Waals surface area contributed by atoms with Gasteiger partial charge in [0, 0.05) is 12.0 Å². The molecule has 38 heavy (non-hydrogen) atoms. The van der Waals surface area contributed by atoms with E-state index < -0.39 is 54.2 Å². The van der Waals surface area contributed by atoms with E-state index in [1.165, 1.54) is 10.9 Å². The summed E-state index contributed by atoms with van der Waals surface area (Å²) in [5.41, 5.74) is 0.756. The fourth-order valence-corrected chi connectivity index (χ4v) is 5.15. The van der Waals surface area contributed by atoms with Gasteiger partial charge in [0.2, 0.25) is 6.79 Å². The van der Waals surface area contributed by atoms with Gasteiger partial charge in [-0.1, -0.05) is 11.3 Å². The number of halogens is 3. The number of fused-ring (bicyclic) bond motifs is 1. The standard InChI is InChI=1S/C25H24F3N3O7/c26-15-7-14(8-16(27)21(15)28)17-9-31(30-29-17)22-23(33)20(10-32)38-25(4-1-5-37-25)24(22)34-11-13-2-3-18-19(6-13)36-12-35-18/h2-3,6-9,20,22-24,32-33H,1,4-5,10-12H2/t20-,22+,23+,24-,25+/m1/s1. The van der Waals surface area contributed by atoms with Crippen molar-refractivity contribution in [3.8, 4) is 22.8 Å². The highest BCUT2D eigenvalue weighted by Gasteiger charge is 2.58. The summed E-state index contributed by atoms with van der Waals surface area (Å²) in [6, 6.07) is 5.99. The van der Waals surface area contributed by atoms with E-state index in [1.807, 2.05) is 6.07 Å². The molecule has 2 N–H and O–H groups in total. The summed E-state index contributed by atoms with van der Waals surface area (Å²) >= 11 is 0. The number of benzene rings is 2. The molecule has 3 aliphatic rings. The van der Waals surface area contributed by atoms with Gasteiger partial charge in [-0.3, -0.25) is 0 Å². The summed E-state index contributed by atoms with van der Waals surface area (Å²) < 4.78 is 71.6. The molecule has 0 saturated carbocycles. The number of aromatic nitrogens is 3. The zero-order valence-corrected chi connectivity index (χ0v) is 19.9. The van der Waals surface area contributed by atoms with Crippen LogP contribution in [0.15, 0.2) is 36.5 Å². The summed E-state index contributed by atoms with van der Waals surface area (Å²) in [5.74, 6) is -4.44. The van der Waals surface area contributed by atoms with Gasteiger partial charge in [-0.05, 0) is 36.2 Å². The molecule has 0 amide bonds. The highest BCUT2D eigenvalue weighted by molar-refractivity contribution is 5.58. The normalized spacial score (nSPS) is 28.3. The Hall–Kier alpha value is -3.23. The molecule has 2 fully saturated rings. The molecule has 6 rings (SSSR count). The first-order chi connectivity index (χ1) is 18.4. The van der Waals surface area contributed by atoms with Gasteiger partial charge in [0.05, 0.1) is 26.0 Å². The average molecular weight is 535 g/mol. The van der Waals surface area contributed by atoms with Crippen LogP contribution in [-0.2, 0) is 20.8 Å². The molecule has 3 aromatic rings. The minimum atomic E-state index is -1.59. The Balaban J connectivity index is 1.35. The van der Waals surface area contributed by atoms with Crippen LogP contribution in [0.4, 0.5) is 13.2 Å². The number of nitrogens with zero attached hydrogens (tertiary/aromatic N) is 3. The van der Waals surface area contributed by atoms with Crippen LogP contribution in [0.25, 0.3) is 11.3 Å². The van der Waals surface area contributed by atoms with Gasteiger partial charge >= 0.3 is 0 Å². The van der Waals surface area contributed by atoms with Gasteiger partial charge in [-0.25, -0.2) is 17.9 Å². The van der Waals surface area contributed by atoms with E-state index in [-0.39, 0.29) is 24.7 Å². The maximum Gasteiger partial charge on any atom is 0.231 e. The zero-order valence-electron chi connectivity index (χ0n) is 19.9. The zero-order chi connectivity index (χ0) is 26.4. The Labute approximate surface area is 214 Å². The lowest BCUT2D eigenvalue weighted by atomic mass is 9.88. The van der Waals surface area contributed by atoms with Crippen molar-refractivity contribution in [1.82, 2.24) is 15.0 Å². The molecule has 0 aliphatic carbocycles. The molecule has 0 bridgehead atoms. The van der Waals surface area contributed by atoms with Gasteiger partial charge in [-0.2, -0.15) is 0 Å². The Morgan fingerprint density at radius 2 is 1.89 bits per heavy atom. The Bertz CT molecular complexity index is 1310. The molecule has 2 saturated heterocycles. The van der Waals surface area contributed by atoms with Crippen molar-refractivity contribution in [2.24, 2.45) is 0 Å². The second-order valence-corrected chi connectivity index (χ2v) is 9.34. The Kier molecular flexibility index (Phi) is 6.48. The highest BCUT2D eigenvalue weighted by atomic mass is 19.2. The summed E-state index contributed by atoms with van der Waals surface area (Å²) in [7, 11) is 0. The maximum absolute atomic E-state index is 13.8. The summed E-state index contributed by atoms with van der Waals surface area (Å²) in [6.07, 6.45) is -0.829. The molecule has 4 heterocycles. The molecule has 10 nitrogen and oxygen atoms in total. The number of ether oxygens (including phenoxy) is 5. The predicted molar refractivity (Wildman–Crippen MR) is 121 cm³/mol. The van der Waals surface area contributed by atoms with Crippen molar-refractivity contribution < 1.29 is 47.1 Å². The number of aliphatic hydroxyl groups excluding tert-OH is 2. The van der Waals surface area contributed by atoms with Crippen molar-refractivity contribution >= 4 is 0 Å². The van der Waals surface area contributed by atoms with E-state index >= 15 is 0 Å². The topological polar surface area (TPSA) is 117 Å². The Morgan fingerprint density at radius 1 is 1.11 bits per heavy atom. The minimum Gasteiger partial charge on any atom is -0.454 e. The van der Waals surface area contributed by atoms with E-state index in [4.69, 9.17) is 23.7 Å². The molecule has 202 valence electrons. The van der Waals surface area contributed by atoms with E-state index in [0.717, 1.165) is 17.7 Å². The SMILES string of the molecule is OC[C@H]1O[C@@]2(CCCO2)[C@H](OCc2ccc3c(c2)OCO3)[C@@H](n2cc(-c3cc(F)c(F)c(F)c3)nn2)[C@H]1O. The highest BCUT2D eigenvalue weighted by Crippen LogP contribution is 2.45. The van der Waals surface area contributed by atoms with Crippen LogP contribution in [0.1, 0.15) is 24.4 Å². The summed E-state index contributed by atoms with van der Waals surface area (Å²) in [6.45, 7) is 0.0777. The molecule has 13 heteroatoms. The molecule has 0 radical (unpaired) electrons. The number of rotatable bonds is 6. The molecule has 2 aromatic carbocycles. The van der Waals surface area contributed by atoms with Gasteiger partial charge in [-0.15, -0.1) is 5.10 Å². The second kappa shape index (κ2) is 9.82. The second-order valence-electron chi connectivity index (χ2n) is 9.34. The molecule has 1 aromatic heterocycles. The van der Waals surface area contributed by atoms with Crippen LogP contribution in [0, 0.1) is 17.5 Å². The Morgan fingerprint density at radius 3 is 2.63 bits per heavy atom. The minimum absolute atomic E-state index is 0.0398. The van der Waals surface area contributed by atoms with Gasteiger partial charge in [0.15, 0.2) is 34.7 Å². The van der Waals surface area contributed by atoms with Gasteiger partial charge < -0.3 is 33.9 Å². The van der Waals surface area contributed by atoms with Crippen molar-refractivity contribution in [2.45, 2.75) is 49.6 Å². The van der Waals surface area contributed by atoms with Crippen molar-refractivity contribution in [3.05, 3.63) is 59.5 Å². The molecule has 5 atom stereocenters. The number of aliphatic hydroxyl groups is 2. The molecule has 0 unspecified atom stereocenters. The number of hydrogen-bond donors (Lipinski definition) is 2. The summed E-state index contributed by atoms with van der Waals surface area (Å²) in [5, 5.41) is 29.2. The van der Waals surface area contributed by atoms with E-state index in [9.17, 15) is 23.4 Å². The van der Waals surface area contributed by atoms with Crippen LogP contribution in [0.2, 0.25) is 0 Å². The third-order valence-electron chi connectivity index (χ3n) is 6.98. The average Bonchev–Trinajstić information content (AvgIpc) is 3.68. The van der Waals surface area contributed by atoms with Crippen LogP contribution >= 0.6 is 0 Å². The van der Waals surface area contributed by atoms with Crippen LogP contribution in [0.5, 0.6) is 11.5 Å². The third-order valence-corrected chi connectivity index (χ3v) is 6.98. The van der Waals surface area contributed by atoms with Crippen LogP contribution < -0.4 is 9.47 Å². The third kappa shape index (κ3) is 4.29. The van der Waals surface area contributed by atoms with E-state index in [1.54, 1.807) is 12.1 Å². The van der Waals surface area contributed by atoms with Crippen LogP contribution in [0.3, 0.4) is 0 Å². The van der Waals surface area contributed by atoms with E-state index in [2.05, 4.69) is 10.3 Å². The lowest BCUT2D eigenvalue weighted by Crippen LogP contribution is -2.63. The predicted octanol–water partition coefficient (Wildman–Crippen LogP) is 2.48. The van der Waals surface area contributed by atoms with Crippen molar-refractivity contribution in [1.29, 1.82) is 0 Å². The summed E-state index contributed by atoms with van der Waals surface area (Å²) in [4.78, 5) is 0. The van der Waals surface area contributed by atoms with Gasteiger partial charge in [0.1, 0.15) is 30.0 Å². The van der Waals surface area contributed by atoms with Crippen molar-refractivity contribution in [3.63, 3.8) is 0 Å². The fourth-order valence-electron chi connectivity index (χ4n) is 5.15. The monoisotopic (exact) mass is 535 g/mol. The lowest BCUT2D eigenvalue weighted by molar-refractivity contribution is -0.348. The first-order valence-electron chi connectivity index (χ1n) is 12.1. The molecule has 1 spiro atoms. The molecule has 3 aliphatic heterocycles. The van der Waals surface area contributed by atoms with Crippen molar-refractivity contribution in [2.75, 3.05) is 20.0 Å². The van der Waals surface area contributed by atoms with E-state index in [0.29, 0.717) is 30.9 Å². The quantitative estimate of drug-likeness (QED) is 0.459. The van der Waals surface area contributed by atoms with Gasteiger partial charge in [0.25, 0.3) is 0 Å². The molecular weight excluding hydrogens is 511 g/mol. The lowest BCUT2D eigenvalue weighted by Gasteiger charge is -2.49. The first kappa shape index (κ1) is 25.1. The largest absolute Gasteiger partial charge is 0.454 e. The fraction of sp³-hybridized carbons (Fsp3) is 0.440. The van der Waals surface area contributed by atoms with Crippen LogP contribution in [-0.4, -0.2) is 69.3 Å². The first-order valence-corrected chi connectivity index (χ1v) is 12.1. The maximum atomic E-state index is 13.8. The molecular formula is C25H24F3N3O7. The number of hydrogen-bond acceptors (Lipinski definition) is 9.